The molecule has 7 heteroatoms. The monoisotopic (exact) mass is 319 g/mol. The highest BCUT2D eigenvalue weighted by molar-refractivity contribution is 7.99. The summed E-state index contributed by atoms with van der Waals surface area (Å²) in [4.78, 5) is 22.8. The second-order valence-corrected chi connectivity index (χ2v) is 7.51. The number of ether oxygens (including phenoxy) is 1. The highest BCUT2D eigenvalue weighted by Gasteiger charge is 2.32. The van der Waals surface area contributed by atoms with Crippen LogP contribution in [0.25, 0.3) is 0 Å². The van der Waals surface area contributed by atoms with Gasteiger partial charge in [-0.2, -0.15) is 11.8 Å². The van der Waals surface area contributed by atoms with Crippen molar-refractivity contribution in [1.82, 2.24) is 5.32 Å². The topological polar surface area (TPSA) is 95.9 Å². The quantitative estimate of drug-likeness (QED) is 0.693. The Kier molecular flexibility index (Phi) is 6.34. The molecule has 0 bridgehead atoms. The van der Waals surface area contributed by atoms with Gasteiger partial charge in [0.05, 0.1) is 5.60 Å². The lowest BCUT2D eigenvalue weighted by atomic mass is 10.1. The minimum Gasteiger partial charge on any atom is -0.480 e. The lowest BCUT2D eigenvalue weighted by molar-refractivity contribution is -0.138. The summed E-state index contributed by atoms with van der Waals surface area (Å²) in [6.45, 7) is 5.14. The number of carbonyl (C=O) groups is 2. The summed E-state index contributed by atoms with van der Waals surface area (Å²) in [5, 5.41) is 21.7. The average Bonchev–Trinajstić information content (AvgIpc) is 2.72. The zero-order valence-corrected chi connectivity index (χ0v) is 13.7. The van der Waals surface area contributed by atoms with Gasteiger partial charge in [-0.25, -0.2) is 9.59 Å². The van der Waals surface area contributed by atoms with E-state index in [2.05, 4.69) is 5.32 Å². The number of alkyl carbamates (subject to hydrolysis) is 1. The highest BCUT2D eigenvalue weighted by Crippen LogP contribution is 2.32. The maximum atomic E-state index is 11.6. The van der Waals surface area contributed by atoms with Crippen molar-refractivity contribution < 1.29 is 24.5 Å². The number of hydrogen-bond acceptors (Lipinski definition) is 5. The van der Waals surface area contributed by atoms with Crippen molar-refractivity contribution in [3.8, 4) is 0 Å². The number of rotatable bonds is 6. The summed E-state index contributed by atoms with van der Waals surface area (Å²) in [6.07, 6.45) is 2.80. The van der Waals surface area contributed by atoms with E-state index < -0.39 is 29.3 Å². The summed E-state index contributed by atoms with van der Waals surface area (Å²) in [6, 6.07) is -1.02. The normalized spacial score (nSPS) is 19.0. The van der Waals surface area contributed by atoms with Gasteiger partial charge in [0, 0.05) is 11.5 Å². The second-order valence-electron chi connectivity index (χ2n) is 6.48. The molecule has 0 radical (unpaired) electrons. The molecule has 1 amide bonds. The maximum Gasteiger partial charge on any atom is 0.408 e. The van der Waals surface area contributed by atoms with Gasteiger partial charge in [0.25, 0.3) is 0 Å². The molecule has 0 heterocycles. The van der Waals surface area contributed by atoms with Crippen LogP contribution in [0, 0.1) is 0 Å². The molecule has 0 spiro atoms. The number of amides is 1. The number of aliphatic hydroxyl groups is 1. The third-order valence-electron chi connectivity index (χ3n) is 3.18. The summed E-state index contributed by atoms with van der Waals surface area (Å²) in [7, 11) is 0. The predicted molar refractivity (Wildman–Crippen MR) is 81.5 cm³/mol. The van der Waals surface area contributed by atoms with E-state index in [0.717, 1.165) is 25.7 Å². The molecule has 0 aromatic heterocycles. The summed E-state index contributed by atoms with van der Waals surface area (Å²) < 4.78 is 5.05. The standard InChI is InChI=1S/C14H25NO5S/c1-13(2,3)20-12(18)15-10(11(16)17)8-21-9-14(19)6-4-5-7-14/h10,19H,4-9H2,1-3H3,(H,15,18)(H,16,17). The van der Waals surface area contributed by atoms with Gasteiger partial charge in [-0.1, -0.05) is 12.8 Å². The molecule has 1 fully saturated rings. The lowest BCUT2D eigenvalue weighted by Gasteiger charge is -2.24. The molecule has 3 N–H and O–H groups in total. The Balaban J connectivity index is 2.39. The first-order chi connectivity index (χ1) is 9.61. The van der Waals surface area contributed by atoms with E-state index in [4.69, 9.17) is 9.84 Å². The van der Waals surface area contributed by atoms with Gasteiger partial charge in [0.2, 0.25) is 0 Å². The molecular formula is C14H25NO5S. The van der Waals surface area contributed by atoms with Gasteiger partial charge in [-0.3, -0.25) is 0 Å². The van der Waals surface area contributed by atoms with Crippen LogP contribution in [-0.2, 0) is 9.53 Å². The summed E-state index contributed by atoms with van der Waals surface area (Å²) in [5.74, 6) is -0.407. The van der Waals surface area contributed by atoms with Crippen molar-refractivity contribution in [1.29, 1.82) is 0 Å². The van der Waals surface area contributed by atoms with E-state index in [9.17, 15) is 14.7 Å². The van der Waals surface area contributed by atoms with Crippen molar-refractivity contribution in [2.75, 3.05) is 11.5 Å². The Hall–Kier alpha value is -0.950. The molecule has 122 valence electrons. The SMILES string of the molecule is CC(C)(C)OC(=O)NC(CSCC1(O)CCCC1)C(=O)O. The first-order valence-electron chi connectivity index (χ1n) is 7.14. The molecule has 0 saturated heterocycles. The molecule has 1 aliphatic carbocycles. The fraction of sp³-hybridized carbons (Fsp3) is 0.857. The lowest BCUT2D eigenvalue weighted by Crippen LogP contribution is -2.45. The van der Waals surface area contributed by atoms with Gasteiger partial charge in [-0.05, 0) is 33.6 Å². The van der Waals surface area contributed by atoms with Crippen LogP contribution in [0.3, 0.4) is 0 Å². The number of thioether (sulfide) groups is 1. The predicted octanol–water partition coefficient (Wildman–Crippen LogP) is 2.00. The van der Waals surface area contributed by atoms with E-state index >= 15 is 0 Å². The van der Waals surface area contributed by atoms with E-state index in [1.54, 1.807) is 20.8 Å². The van der Waals surface area contributed by atoms with Crippen LogP contribution >= 0.6 is 11.8 Å². The molecule has 1 atom stereocenters. The van der Waals surface area contributed by atoms with Crippen LogP contribution in [0.1, 0.15) is 46.5 Å². The largest absolute Gasteiger partial charge is 0.480 e. The Morgan fingerprint density at radius 1 is 1.33 bits per heavy atom. The highest BCUT2D eigenvalue weighted by atomic mass is 32.2. The molecule has 1 saturated carbocycles. The zero-order chi connectivity index (χ0) is 16.1. The minimum atomic E-state index is -1.10. The van der Waals surface area contributed by atoms with Crippen LogP contribution < -0.4 is 5.32 Å². The van der Waals surface area contributed by atoms with Crippen LogP contribution in [0.4, 0.5) is 4.79 Å². The van der Waals surface area contributed by atoms with Gasteiger partial charge in [-0.15, -0.1) is 0 Å². The molecule has 1 aliphatic rings. The van der Waals surface area contributed by atoms with E-state index in [1.807, 2.05) is 0 Å². The number of carboxylic acid groups (broad SMARTS) is 1. The minimum absolute atomic E-state index is 0.205. The van der Waals surface area contributed by atoms with Crippen molar-refractivity contribution in [2.24, 2.45) is 0 Å². The maximum absolute atomic E-state index is 11.6. The number of aliphatic carboxylic acids is 1. The molecule has 0 aromatic rings. The van der Waals surface area contributed by atoms with Crippen molar-refractivity contribution >= 4 is 23.8 Å². The Morgan fingerprint density at radius 2 is 1.90 bits per heavy atom. The third-order valence-corrected chi connectivity index (χ3v) is 4.49. The Bertz CT molecular complexity index is 374. The van der Waals surface area contributed by atoms with Gasteiger partial charge >= 0.3 is 12.1 Å². The number of hydrogen-bond donors (Lipinski definition) is 3. The fourth-order valence-electron chi connectivity index (χ4n) is 2.17. The molecule has 0 aliphatic heterocycles. The third kappa shape index (κ3) is 7.04. The summed E-state index contributed by atoms with van der Waals surface area (Å²) >= 11 is 1.34. The second kappa shape index (κ2) is 7.35. The summed E-state index contributed by atoms with van der Waals surface area (Å²) in [5.41, 5.74) is -1.35. The first kappa shape index (κ1) is 18.1. The number of nitrogens with one attached hydrogen (secondary N) is 1. The average molecular weight is 319 g/mol. The van der Waals surface area contributed by atoms with E-state index in [1.165, 1.54) is 11.8 Å². The first-order valence-corrected chi connectivity index (χ1v) is 8.29. The van der Waals surface area contributed by atoms with Crippen molar-refractivity contribution in [2.45, 2.75) is 63.7 Å². The zero-order valence-electron chi connectivity index (χ0n) is 12.8. The number of carbonyl (C=O) groups excluding carboxylic acids is 1. The number of carboxylic acids is 1. The molecular weight excluding hydrogens is 294 g/mol. The van der Waals surface area contributed by atoms with Gasteiger partial charge in [0.15, 0.2) is 0 Å². The van der Waals surface area contributed by atoms with Crippen LogP contribution in [0.5, 0.6) is 0 Å². The van der Waals surface area contributed by atoms with Crippen LogP contribution in [0.15, 0.2) is 0 Å². The fourth-order valence-corrected chi connectivity index (χ4v) is 3.42. The van der Waals surface area contributed by atoms with Gasteiger partial charge in [0.1, 0.15) is 11.6 Å². The van der Waals surface area contributed by atoms with E-state index in [-0.39, 0.29) is 5.75 Å². The Morgan fingerprint density at radius 3 is 2.38 bits per heavy atom. The molecule has 21 heavy (non-hydrogen) atoms. The van der Waals surface area contributed by atoms with Gasteiger partial charge < -0.3 is 20.3 Å². The van der Waals surface area contributed by atoms with Crippen molar-refractivity contribution in [3.05, 3.63) is 0 Å². The Labute approximate surface area is 129 Å². The smallest absolute Gasteiger partial charge is 0.408 e. The van der Waals surface area contributed by atoms with Crippen molar-refractivity contribution in [3.63, 3.8) is 0 Å². The van der Waals surface area contributed by atoms with E-state index in [0.29, 0.717) is 5.75 Å². The van der Waals surface area contributed by atoms with Crippen LogP contribution in [0.2, 0.25) is 0 Å². The molecule has 0 aromatic carbocycles. The van der Waals surface area contributed by atoms with Crippen LogP contribution in [-0.4, -0.2) is 51.0 Å². The molecule has 1 rings (SSSR count). The molecule has 6 nitrogen and oxygen atoms in total. The molecule has 1 unspecified atom stereocenters.